The van der Waals surface area contributed by atoms with Crippen molar-refractivity contribution in [3.05, 3.63) is 46.0 Å². The molecular weight excluding hydrogens is 358 g/mol. The van der Waals surface area contributed by atoms with Crippen LogP contribution in [0.1, 0.15) is 51.0 Å². The van der Waals surface area contributed by atoms with Gasteiger partial charge < -0.3 is 4.74 Å². The summed E-state index contributed by atoms with van der Waals surface area (Å²) in [6, 6.07) is 5.88. The average molecular weight is 383 g/mol. The maximum atomic E-state index is 13.1. The number of benzene rings is 1. The van der Waals surface area contributed by atoms with Gasteiger partial charge in [-0.05, 0) is 87.0 Å². The lowest BCUT2D eigenvalue weighted by Gasteiger charge is -2.56. The molecule has 0 N–H and O–H groups in total. The van der Waals surface area contributed by atoms with Crippen LogP contribution in [0.3, 0.4) is 0 Å². The monoisotopic (exact) mass is 383 g/mol. The van der Waals surface area contributed by atoms with Crippen molar-refractivity contribution in [2.45, 2.75) is 51.6 Å². The Labute approximate surface area is 164 Å². The van der Waals surface area contributed by atoms with E-state index < -0.39 is 17.0 Å². The zero-order valence-corrected chi connectivity index (χ0v) is 16.0. The molecule has 28 heavy (non-hydrogen) atoms. The smallest absolute Gasteiger partial charge is 0.331 e. The number of hydrogen-bond donors (Lipinski definition) is 0. The Kier molecular flexibility index (Phi) is 4.81. The van der Waals surface area contributed by atoms with Gasteiger partial charge in [-0.2, -0.15) is 0 Å². The summed E-state index contributed by atoms with van der Waals surface area (Å²) in [5, 5.41) is 10.7. The largest absolute Gasteiger partial charge is 0.451 e. The number of non-ortho nitro benzene ring substituents is 1. The molecule has 4 saturated carbocycles. The zero-order valence-electron chi connectivity index (χ0n) is 16.0. The van der Waals surface area contributed by atoms with E-state index in [0.29, 0.717) is 23.3 Å². The third kappa shape index (κ3) is 3.60. The molecule has 4 fully saturated rings. The molecule has 4 bridgehead atoms. The van der Waals surface area contributed by atoms with Crippen LogP contribution < -0.4 is 0 Å². The Morgan fingerprint density at radius 1 is 1.11 bits per heavy atom. The van der Waals surface area contributed by atoms with Gasteiger partial charge >= 0.3 is 5.97 Å². The fraction of sp³-hybridized carbons (Fsp3) is 0.545. The van der Waals surface area contributed by atoms with Gasteiger partial charge in [0.15, 0.2) is 11.9 Å². The maximum absolute atomic E-state index is 13.1. The third-order valence-electron chi connectivity index (χ3n) is 6.74. The van der Waals surface area contributed by atoms with Crippen LogP contribution in [-0.2, 0) is 14.3 Å². The van der Waals surface area contributed by atoms with Crippen molar-refractivity contribution in [3.63, 3.8) is 0 Å². The van der Waals surface area contributed by atoms with Crippen LogP contribution >= 0.6 is 0 Å². The highest BCUT2D eigenvalue weighted by Gasteiger charge is 2.55. The lowest BCUT2D eigenvalue weighted by molar-refractivity contribution is -0.384. The zero-order chi connectivity index (χ0) is 19.9. The number of rotatable bonds is 6. The van der Waals surface area contributed by atoms with Gasteiger partial charge in [-0.25, -0.2) is 4.79 Å². The normalized spacial score (nSPS) is 31.7. The van der Waals surface area contributed by atoms with Gasteiger partial charge in [0.25, 0.3) is 5.69 Å². The molecule has 0 spiro atoms. The first-order valence-electron chi connectivity index (χ1n) is 10.0. The van der Waals surface area contributed by atoms with E-state index in [4.69, 9.17) is 4.74 Å². The fourth-order valence-electron chi connectivity index (χ4n) is 5.98. The minimum atomic E-state index is -0.745. The lowest BCUT2D eigenvalue weighted by Crippen LogP contribution is -2.52. The van der Waals surface area contributed by atoms with Crippen LogP contribution in [0.2, 0.25) is 0 Å². The minimum absolute atomic E-state index is 0.00508. The molecule has 5 rings (SSSR count). The summed E-state index contributed by atoms with van der Waals surface area (Å²) in [5.41, 5.74) is 0.369. The van der Waals surface area contributed by atoms with Crippen molar-refractivity contribution in [2.75, 3.05) is 0 Å². The molecule has 1 atom stereocenters. The molecule has 1 unspecified atom stereocenters. The van der Waals surface area contributed by atoms with E-state index in [-0.39, 0.29) is 16.9 Å². The number of ether oxygens (including phenoxy) is 1. The highest BCUT2D eigenvalue weighted by Crippen LogP contribution is 2.60. The van der Waals surface area contributed by atoms with Crippen LogP contribution in [0.4, 0.5) is 5.69 Å². The topological polar surface area (TPSA) is 86.5 Å². The highest BCUT2D eigenvalue weighted by molar-refractivity contribution is 5.93. The quantitative estimate of drug-likeness (QED) is 0.316. The fourth-order valence-corrected chi connectivity index (χ4v) is 5.98. The van der Waals surface area contributed by atoms with Crippen molar-refractivity contribution in [1.29, 1.82) is 0 Å². The molecule has 6 nitrogen and oxygen atoms in total. The third-order valence-corrected chi connectivity index (χ3v) is 6.74. The van der Waals surface area contributed by atoms with Crippen LogP contribution in [-0.4, -0.2) is 22.8 Å². The molecule has 0 aliphatic heterocycles. The molecule has 0 heterocycles. The second-order valence-corrected chi connectivity index (χ2v) is 8.82. The molecule has 0 saturated heterocycles. The van der Waals surface area contributed by atoms with Gasteiger partial charge in [0.2, 0.25) is 0 Å². The van der Waals surface area contributed by atoms with Crippen molar-refractivity contribution < 1.29 is 19.2 Å². The first kappa shape index (κ1) is 18.8. The Bertz CT molecular complexity index is 791. The van der Waals surface area contributed by atoms with Crippen molar-refractivity contribution in [3.8, 4) is 0 Å². The van der Waals surface area contributed by atoms with Crippen LogP contribution in [0, 0.1) is 33.3 Å². The summed E-state index contributed by atoms with van der Waals surface area (Å²) >= 11 is 0. The molecule has 0 amide bonds. The van der Waals surface area contributed by atoms with Crippen molar-refractivity contribution in [2.24, 2.45) is 23.2 Å². The Morgan fingerprint density at radius 3 is 2.14 bits per heavy atom. The van der Waals surface area contributed by atoms with Gasteiger partial charge in [-0.15, -0.1) is 0 Å². The molecule has 6 heteroatoms. The van der Waals surface area contributed by atoms with Crippen LogP contribution in [0.5, 0.6) is 0 Å². The second kappa shape index (κ2) is 7.15. The van der Waals surface area contributed by atoms with E-state index in [9.17, 15) is 19.7 Å². The lowest BCUT2D eigenvalue weighted by atomic mass is 9.48. The van der Waals surface area contributed by atoms with Crippen LogP contribution in [0.25, 0.3) is 6.08 Å². The van der Waals surface area contributed by atoms with Gasteiger partial charge in [-0.1, -0.05) is 0 Å². The van der Waals surface area contributed by atoms with E-state index in [2.05, 4.69) is 0 Å². The molecule has 0 aromatic heterocycles. The van der Waals surface area contributed by atoms with Crippen LogP contribution in [0.15, 0.2) is 30.3 Å². The average Bonchev–Trinajstić information content (AvgIpc) is 2.65. The number of ketones is 1. The van der Waals surface area contributed by atoms with E-state index in [1.807, 2.05) is 0 Å². The van der Waals surface area contributed by atoms with Crippen molar-refractivity contribution >= 4 is 23.5 Å². The molecule has 1 aromatic carbocycles. The molecular formula is C22H25NO5. The standard InChI is InChI=1S/C22H25NO5/c1-14(21(25)22-11-16-8-17(12-22)10-18(9-16)13-22)28-20(24)7-4-15-2-5-19(6-3-15)23(26)27/h2-7,14,16-18H,8-13H2,1H3. The number of carbonyl (C=O) groups is 2. The molecule has 4 aliphatic carbocycles. The molecule has 4 aliphatic rings. The van der Waals surface area contributed by atoms with Gasteiger partial charge in [-0.3, -0.25) is 14.9 Å². The maximum Gasteiger partial charge on any atom is 0.331 e. The summed E-state index contributed by atoms with van der Waals surface area (Å²) in [4.78, 5) is 35.5. The number of nitrogens with zero attached hydrogens (tertiary/aromatic N) is 1. The van der Waals surface area contributed by atoms with E-state index in [1.54, 1.807) is 19.1 Å². The molecule has 0 radical (unpaired) electrons. The highest BCUT2D eigenvalue weighted by atomic mass is 16.6. The Morgan fingerprint density at radius 2 is 1.64 bits per heavy atom. The molecule has 1 aromatic rings. The number of nitro benzene ring substituents is 1. The SMILES string of the molecule is CC(OC(=O)C=Cc1ccc([N+](=O)[O-])cc1)C(=O)C12CC3CC(CC(C3)C1)C2. The Balaban J connectivity index is 1.36. The summed E-state index contributed by atoms with van der Waals surface area (Å²) in [7, 11) is 0. The summed E-state index contributed by atoms with van der Waals surface area (Å²) in [5.74, 6) is 1.52. The minimum Gasteiger partial charge on any atom is -0.451 e. The predicted octanol–water partition coefficient (Wildman–Crippen LogP) is 4.33. The number of nitro groups is 1. The summed E-state index contributed by atoms with van der Waals surface area (Å²) in [6.45, 7) is 1.68. The first-order chi connectivity index (χ1) is 13.3. The predicted molar refractivity (Wildman–Crippen MR) is 103 cm³/mol. The van der Waals surface area contributed by atoms with E-state index in [1.165, 1.54) is 43.5 Å². The van der Waals surface area contributed by atoms with E-state index in [0.717, 1.165) is 19.3 Å². The summed E-state index contributed by atoms with van der Waals surface area (Å²) in [6.07, 6.45) is 8.72. The number of hydrogen-bond acceptors (Lipinski definition) is 5. The van der Waals surface area contributed by atoms with E-state index >= 15 is 0 Å². The van der Waals surface area contributed by atoms with Gasteiger partial charge in [0.05, 0.1) is 4.92 Å². The Hall–Kier alpha value is -2.50. The van der Waals surface area contributed by atoms with Crippen molar-refractivity contribution in [1.82, 2.24) is 0 Å². The molecule has 148 valence electrons. The number of esters is 1. The van der Waals surface area contributed by atoms with Gasteiger partial charge in [0.1, 0.15) is 0 Å². The number of carbonyl (C=O) groups excluding carboxylic acids is 2. The number of Topliss-reactive ketones (excluding diaryl/α,β-unsaturated/α-hetero) is 1. The first-order valence-corrected chi connectivity index (χ1v) is 10.0. The van der Waals surface area contributed by atoms with Gasteiger partial charge in [0, 0.05) is 23.6 Å². The summed E-state index contributed by atoms with van der Waals surface area (Å²) < 4.78 is 5.40. The second-order valence-electron chi connectivity index (χ2n) is 8.82.